The average Bonchev–Trinajstić information content (AvgIpc) is 2.47. The Kier molecular flexibility index (Phi) is 4.00. The molecule has 0 spiro atoms. The fourth-order valence-electron chi connectivity index (χ4n) is 2.26. The smallest absolute Gasteiger partial charge is 0.340 e. The van der Waals surface area contributed by atoms with Crippen LogP contribution in [0.2, 0.25) is 5.02 Å². The zero-order valence-electron chi connectivity index (χ0n) is 12.6. The minimum absolute atomic E-state index is 0.0607. The van der Waals surface area contributed by atoms with Crippen LogP contribution < -0.4 is 4.18 Å². The second-order valence-electron chi connectivity index (χ2n) is 5.25. The van der Waals surface area contributed by atoms with E-state index in [0.717, 1.165) is 16.6 Å². The third kappa shape index (κ3) is 3.16. The monoisotopic (exact) mass is 347 g/mol. The van der Waals surface area contributed by atoms with Crippen molar-refractivity contribution in [2.75, 3.05) is 0 Å². The summed E-state index contributed by atoms with van der Waals surface area (Å²) < 4.78 is 30.4. The van der Waals surface area contributed by atoms with E-state index in [1.54, 1.807) is 24.3 Å². The molecular weight excluding hydrogens is 334 g/mol. The van der Waals surface area contributed by atoms with Gasteiger partial charge in [0.05, 0.1) is 5.02 Å². The minimum atomic E-state index is -4.04. The first-order valence-corrected chi connectivity index (χ1v) is 8.72. The van der Waals surface area contributed by atoms with E-state index in [0.29, 0.717) is 5.52 Å². The van der Waals surface area contributed by atoms with Crippen LogP contribution in [0.5, 0.6) is 5.75 Å². The van der Waals surface area contributed by atoms with E-state index in [2.05, 4.69) is 4.98 Å². The summed E-state index contributed by atoms with van der Waals surface area (Å²) in [5.74, 6) is 0.183. The molecule has 0 N–H and O–H groups in total. The SMILES string of the molecule is Cc1ccc(S(=O)(=O)Oc2cccc3ccc(C)nc23)c(Cl)c1. The number of aromatic nitrogens is 1. The van der Waals surface area contributed by atoms with E-state index >= 15 is 0 Å². The van der Waals surface area contributed by atoms with Crippen molar-refractivity contribution in [3.8, 4) is 5.75 Å². The van der Waals surface area contributed by atoms with Crippen molar-refractivity contribution in [3.05, 3.63) is 64.8 Å². The summed E-state index contributed by atoms with van der Waals surface area (Å²) in [6, 6.07) is 13.6. The maximum atomic E-state index is 12.5. The molecule has 0 fully saturated rings. The van der Waals surface area contributed by atoms with Gasteiger partial charge in [0.2, 0.25) is 0 Å². The Morgan fingerprint density at radius 2 is 1.83 bits per heavy atom. The van der Waals surface area contributed by atoms with Gasteiger partial charge in [-0.15, -0.1) is 0 Å². The van der Waals surface area contributed by atoms with E-state index in [-0.39, 0.29) is 15.7 Å². The van der Waals surface area contributed by atoms with Crippen LogP contribution in [0.1, 0.15) is 11.3 Å². The Labute approximate surface area is 139 Å². The molecule has 4 nitrogen and oxygen atoms in total. The number of nitrogens with zero attached hydrogens (tertiary/aromatic N) is 1. The van der Waals surface area contributed by atoms with Crippen LogP contribution in [-0.2, 0) is 10.1 Å². The fraction of sp³-hybridized carbons (Fsp3) is 0.118. The van der Waals surface area contributed by atoms with Crippen LogP contribution in [0.25, 0.3) is 10.9 Å². The highest BCUT2D eigenvalue weighted by molar-refractivity contribution is 7.87. The molecule has 0 unspecified atom stereocenters. The first-order valence-electron chi connectivity index (χ1n) is 6.94. The van der Waals surface area contributed by atoms with Gasteiger partial charge in [-0.1, -0.05) is 35.9 Å². The largest absolute Gasteiger partial charge is 0.377 e. The van der Waals surface area contributed by atoms with Crippen LogP contribution in [0.3, 0.4) is 0 Å². The number of rotatable bonds is 3. The molecule has 0 aliphatic heterocycles. The lowest BCUT2D eigenvalue weighted by Crippen LogP contribution is -2.11. The molecule has 0 amide bonds. The molecule has 0 saturated heterocycles. The van der Waals surface area contributed by atoms with E-state index in [1.165, 1.54) is 6.07 Å². The van der Waals surface area contributed by atoms with Crippen molar-refractivity contribution in [2.45, 2.75) is 18.7 Å². The van der Waals surface area contributed by atoms with Crippen LogP contribution in [-0.4, -0.2) is 13.4 Å². The van der Waals surface area contributed by atoms with Gasteiger partial charge >= 0.3 is 10.1 Å². The minimum Gasteiger partial charge on any atom is -0.377 e. The summed E-state index contributed by atoms with van der Waals surface area (Å²) in [6.07, 6.45) is 0. The lowest BCUT2D eigenvalue weighted by atomic mass is 10.2. The second-order valence-corrected chi connectivity index (χ2v) is 7.17. The standard InChI is InChI=1S/C17H14ClNO3S/c1-11-6-9-16(14(18)10-11)23(20,21)22-15-5-3-4-13-8-7-12(2)19-17(13)15/h3-10H,1-2H3. The Morgan fingerprint density at radius 1 is 1.04 bits per heavy atom. The predicted molar refractivity (Wildman–Crippen MR) is 90.5 cm³/mol. The highest BCUT2D eigenvalue weighted by Gasteiger charge is 2.21. The summed E-state index contributed by atoms with van der Waals surface area (Å²) in [4.78, 5) is 4.31. The molecule has 0 aliphatic carbocycles. The topological polar surface area (TPSA) is 56.3 Å². The zero-order chi connectivity index (χ0) is 16.6. The summed E-state index contributed by atoms with van der Waals surface area (Å²) in [6.45, 7) is 3.67. The molecule has 0 radical (unpaired) electrons. The summed E-state index contributed by atoms with van der Waals surface area (Å²) in [5.41, 5.74) is 2.15. The van der Waals surface area contributed by atoms with Gasteiger partial charge in [0.15, 0.2) is 5.75 Å². The predicted octanol–water partition coefficient (Wildman–Crippen LogP) is 4.27. The Hall–Kier alpha value is -2.11. The normalized spacial score (nSPS) is 11.6. The van der Waals surface area contributed by atoms with Crippen molar-refractivity contribution in [2.24, 2.45) is 0 Å². The van der Waals surface area contributed by atoms with Gasteiger partial charge in [0.25, 0.3) is 0 Å². The van der Waals surface area contributed by atoms with Crippen molar-refractivity contribution in [3.63, 3.8) is 0 Å². The van der Waals surface area contributed by atoms with Gasteiger partial charge in [0, 0.05) is 11.1 Å². The fourth-order valence-corrected chi connectivity index (χ4v) is 3.77. The lowest BCUT2D eigenvalue weighted by molar-refractivity contribution is 0.488. The molecule has 0 bridgehead atoms. The van der Waals surface area contributed by atoms with E-state index < -0.39 is 10.1 Å². The van der Waals surface area contributed by atoms with E-state index in [9.17, 15) is 8.42 Å². The second kappa shape index (κ2) is 5.83. The van der Waals surface area contributed by atoms with Gasteiger partial charge < -0.3 is 4.18 Å². The van der Waals surface area contributed by atoms with Crippen LogP contribution in [0, 0.1) is 13.8 Å². The van der Waals surface area contributed by atoms with Crippen LogP contribution >= 0.6 is 11.6 Å². The molecule has 23 heavy (non-hydrogen) atoms. The number of fused-ring (bicyclic) bond motifs is 1. The molecule has 0 aliphatic rings. The highest BCUT2D eigenvalue weighted by Crippen LogP contribution is 2.29. The molecule has 0 atom stereocenters. The average molecular weight is 348 g/mol. The molecule has 3 rings (SSSR count). The summed E-state index contributed by atoms with van der Waals surface area (Å²) >= 11 is 6.05. The number of pyridine rings is 1. The van der Waals surface area contributed by atoms with Gasteiger partial charge in [-0.25, -0.2) is 4.98 Å². The van der Waals surface area contributed by atoms with Crippen molar-refractivity contribution < 1.29 is 12.6 Å². The first-order chi connectivity index (χ1) is 10.9. The highest BCUT2D eigenvalue weighted by atomic mass is 35.5. The molecule has 118 valence electrons. The summed E-state index contributed by atoms with van der Waals surface area (Å²) in [7, 11) is -4.04. The third-order valence-electron chi connectivity index (χ3n) is 3.38. The first kappa shape index (κ1) is 15.8. The van der Waals surface area contributed by atoms with E-state index in [4.69, 9.17) is 15.8 Å². The maximum absolute atomic E-state index is 12.5. The molecule has 1 aromatic heterocycles. The number of benzene rings is 2. The van der Waals surface area contributed by atoms with Crippen molar-refractivity contribution in [1.82, 2.24) is 4.98 Å². The summed E-state index contributed by atoms with van der Waals surface area (Å²) in [5, 5.41) is 0.938. The van der Waals surface area contributed by atoms with Crippen molar-refractivity contribution >= 4 is 32.6 Å². The molecule has 0 saturated carbocycles. The van der Waals surface area contributed by atoms with Gasteiger partial charge in [-0.05, 0) is 43.7 Å². The lowest BCUT2D eigenvalue weighted by Gasteiger charge is -2.11. The van der Waals surface area contributed by atoms with Crippen LogP contribution in [0.15, 0.2) is 53.4 Å². The molecule has 6 heteroatoms. The number of para-hydroxylation sites is 1. The van der Waals surface area contributed by atoms with E-state index in [1.807, 2.05) is 32.0 Å². The Balaban J connectivity index is 2.09. The molecule has 2 aromatic carbocycles. The van der Waals surface area contributed by atoms with Gasteiger partial charge in [0.1, 0.15) is 10.4 Å². The number of hydrogen-bond donors (Lipinski definition) is 0. The number of hydrogen-bond acceptors (Lipinski definition) is 4. The zero-order valence-corrected chi connectivity index (χ0v) is 14.1. The third-order valence-corrected chi connectivity index (χ3v) is 5.10. The van der Waals surface area contributed by atoms with Crippen molar-refractivity contribution in [1.29, 1.82) is 0 Å². The van der Waals surface area contributed by atoms with Gasteiger partial charge in [-0.2, -0.15) is 8.42 Å². The Morgan fingerprint density at radius 3 is 2.57 bits per heavy atom. The molecule has 1 heterocycles. The van der Waals surface area contributed by atoms with Gasteiger partial charge in [-0.3, -0.25) is 0 Å². The quantitative estimate of drug-likeness (QED) is 0.664. The number of aryl methyl sites for hydroxylation is 2. The number of halogens is 1. The Bertz CT molecular complexity index is 1000. The van der Waals surface area contributed by atoms with Crippen LogP contribution in [0.4, 0.5) is 0 Å². The maximum Gasteiger partial charge on any atom is 0.340 e. The molecular formula is C17H14ClNO3S. The molecule has 3 aromatic rings.